The van der Waals surface area contributed by atoms with Crippen molar-refractivity contribution in [2.75, 3.05) is 10.6 Å². The van der Waals surface area contributed by atoms with Crippen LogP contribution < -0.4 is 10.6 Å². The Balaban J connectivity index is 1.57. The van der Waals surface area contributed by atoms with E-state index in [4.69, 9.17) is 0 Å². The lowest BCUT2D eigenvalue weighted by molar-refractivity contribution is -0.119. The van der Waals surface area contributed by atoms with Crippen LogP contribution in [0, 0.1) is 12.8 Å². The van der Waals surface area contributed by atoms with Crippen molar-refractivity contribution in [1.29, 1.82) is 0 Å². The SMILES string of the molecule is CC[C@H](O)c1cc(C)c(Nc2nn(C)cc2-c2cc(NC(=O)[C@H]3CC3(F)F)ncn2)cn1. The Bertz CT molecular complexity index is 1160. The highest BCUT2D eigenvalue weighted by atomic mass is 19.3. The summed E-state index contributed by atoms with van der Waals surface area (Å²) in [6.45, 7) is 3.77. The molecular weight excluding hydrogens is 420 g/mol. The Labute approximate surface area is 182 Å². The number of pyridine rings is 1. The maximum Gasteiger partial charge on any atom is 0.260 e. The highest BCUT2D eigenvalue weighted by Gasteiger charge is 2.61. The zero-order chi connectivity index (χ0) is 23.0. The summed E-state index contributed by atoms with van der Waals surface area (Å²) in [4.78, 5) is 24.5. The van der Waals surface area contributed by atoms with Gasteiger partial charge in [-0.3, -0.25) is 14.5 Å². The van der Waals surface area contributed by atoms with Crippen molar-refractivity contribution in [2.24, 2.45) is 13.0 Å². The molecule has 3 heterocycles. The van der Waals surface area contributed by atoms with Crippen LogP contribution in [0.15, 0.2) is 30.9 Å². The predicted molar refractivity (Wildman–Crippen MR) is 113 cm³/mol. The molecule has 1 fully saturated rings. The normalized spacial score (nSPS) is 17.6. The summed E-state index contributed by atoms with van der Waals surface area (Å²) in [5, 5.41) is 20.1. The molecule has 1 saturated carbocycles. The summed E-state index contributed by atoms with van der Waals surface area (Å²) < 4.78 is 27.9. The number of aliphatic hydroxyl groups is 1. The van der Waals surface area contributed by atoms with Gasteiger partial charge in [0.05, 0.1) is 34.9 Å². The van der Waals surface area contributed by atoms with Crippen molar-refractivity contribution in [3.63, 3.8) is 0 Å². The minimum absolute atomic E-state index is 0.133. The molecule has 0 radical (unpaired) electrons. The first-order valence-electron chi connectivity index (χ1n) is 10.1. The first-order valence-corrected chi connectivity index (χ1v) is 10.1. The Kier molecular flexibility index (Phi) is 5.59. The Hall–Kier alpha value is -3.47. The number of carbonyl (C=O) groups is 1. The molecule has 3 N–H and O–H groups in total. The van der Waals surface area contributed by atoms with Gasteiger partial charge in [-0.15, -0.1) is 0 Å². The second-order valence-electron chi connectivity index (χ2n) is 7.83. The number of carbonyl (C=O) groups excluding carboxylic acids is 1. The van der Waals surface area contributed by atoms with Crippen LogP contribution in [-0.2, 0) is 11.8 Å². The molecule has 0 bridgehead atoms. The number of hydrogen-bond donors (Lipinski definition) is 3. The summed E-state index contributed by atoms with van der Waals surface area (Å²) >= 11 is 0. The highest BCUT2D eigenvalue weighted by molar-refractivity contribution is 5.95. The fourth-order valence-corrected chi connectivity index (χ4v) is 3.28. The predicted octanol–water partition coefficient (Wildman–Crippen LogP) is 3.36. The molecule has 4 rings (SSSR count). The van der Waals surface area contributed by atoms with Gasteiger partial charge >= 0.3 is 0 Å². The van der Waals surface area contributed by atoms with E-state index in [9.17, 15) is 18.7 Å². The number of aryl methyl sites for hydroxylation is 2. The van der Waals surface area contributed by atoms with Gasteiger partial charge in [-0.05, 0) is 25.0 Å². The minimum Gasteiger partial charge on any atom is -0.387 e. The van der Waals surface area contributed by atoms with E-state index in [2.05, 4.69) is 30.7 Å². The molecule has 3 aromatic heterocycles. The monoisotopic (exact) mass is 443 g/mol. The second-order valence-corrected chi connectivity index (χ2v) is 7.83. The van der Waals surface area contributed by atoms with Gasteiger partial charge in [0.1, 0.15) is 18.1 Å². The molecule has 0 aromatic carbocycles. The van der Waals surface area contributed by atoms with Crippen molar-refractivity contribution in [3.05, 3.63) is 42.1 Å². The number of halogens is 2. The summed E-state index contributed by atoms with van der Waals surface area (Å²) in [6.07, 6.45) is 4.11. The first-order chi connectivity index (χ1) is 15.2. The first kappa shape index (κ1) is 21.8. The average molecular weight is 443 g/mol. The third-order valence-electron chi connectivity index (χ3n) is 5.28. The van der Waals surface area contributed by atoms with E-state index in [-0.39, 0.29) is 5.82 Å². The van der Waals surface area contributed by atoms with E-state index in [0.29, 0.717) is 34.9 Å². The molecule has 0 aliphatic heterocycles. The molecule has 1 aliphatic rings. The van der Waals surface area contributed by atoms with E-state index in [0.717, 1.165) is 5.56 Å². The van der Waals surface area contributed by atoms with Crippen LogP contribution in [0.4, 0.5) is 26.1 Å². The van der Waals surface area contributed by atoms with E-state index in [1.807, 2.05) is 19.9 Å². The standard InChI is InChI=1S/C21H23F2N7O2/c1-4-17(31)15-5-11(2)16(8-24-15)27-19-12(9-30(3)29-19)14-6-18(26-10-25-14)28-20(32)13-7-21(13,22)23/h5-6,8-10,13,17,31H,4,7H2,1-3H3,(H,27,29)(H,25,26,28,32)/t13-,17+/m1/s1. The van der Waals surface area contributed by atoms with Gasteiger partial charge in [-0.1, -0.05) is 6.92 Å². The minimum atomic E-state index is -2.95. The number of amides is 1. The van der Waals surface area contributed by atoms with Gasteiger partial charge < -0.3 is 15.7 Å². The van der Waals surface area contributed by atoms with E-state index in [1.54, 1.807) is 24.1 Å². The van der Waals surface area contributed by atoms with Crippen LogP contribution in [-0.4, -0.2) is 41.7 Å². The molecule has 0 saturated heterocycles. The van der Waals surface area contributed by atoms with E-state index < -0.39 is 30.3 Å². The quantitative estimate of drug-likeness (QED) is 0.512. The van der Waals surface area contributed by atoms with Gasteiger partial charge in [-0.25, -0.2) is 18.7 Å². The van der Waals surface area contributed by atoms with Gasteiger partial charge in [0.15, 0.2) is 5.82 Å². The van der Waals surface area contributed by atoms with Crippen molar-refractivity contribution in [1.82, 2.24) is 24.7 Å². The van der Waals surface area contributed by atoms with Crippen LogP contribution in [0.25, 0.3) is 11.3 Å². The number of nitrogens with zero attached hydrogens (tertiary/aromatic N) is 5. The molecule has 9 nitrogen and oxygen atoms in total. The topological polar surface area (TPSA) is 118 Å². The Morgan fingerprint density at radius 1 is 1.34 bits per heavy atom. The van der Waals surface area contributed by atoms with Crippen LogP contribution in [0.2, 0.25) is 0 Å². The zero-order valence-corrected chi connectivity index (χ0v) is 17.8. The summed E-state index contributed by atoms with van der Waals surface area (Å²) in [6, 6.07) is 3.32. The lowest BCUT2D eigenvalue weighted by Crippen LogP contribution is -2.18. The number of anilines is 3. The fraction of sp³-hybridized carbons (Fsp3) is 0.381. The van der Waals surface area contributed by atoms with Crippen LogP contribution >= 0.6 is 0 Å². The molecule has 168 valence electrons. The van der Waals surface area contributed by atoms with Crippen LogP contribution in [0.1, 0.15) is 37.1 Å². The maximum absolute atomic E-state index is 13.1. The smallest absolute Gasteiger partial charge is 0.260 e. The molecule has 2 atom stereocenters. The van der Waals surface area contributed by atoms with Gasteiger partial charge in [0.25, 0.3) is 5.92 Å². The van der Waals surface area contributed by atoms with Gasteiger partial charge in [-0.2, -0.15) is 5.10 Å². The summed E-state index contributed by atoms with van der Waals surface area (Å²) in [5.74, 6) is -4.41. The average Bonchev–Trinajstić information content (AvgIpc) is 3.24. The lowest BCUT2D eigenvalue weighted by atomic mass is 10.1. The highest BCUT2D eigenvalue weighted by Crippen LogP contribution is 2.49. The second kappa shape index (κ2) is 8.23. The molecule has 0 spiro atoms. The molecular formula is C21H23F2N7O2. The molecule has 1 aliphatic carbocycles. The van der Waals surface area contributed by atoms with Gasteiger partial charge in [0.2, 0.25) is 5.91 Å². The Morgan fingerprint density at radius 3 is 2.75 bits per heavy atom. The Morgan fingerprint density at radius 2 is 2.09 bits per heavy atom. The van der Waals surface area contributed by atoms with Crippen LogP contribution in [0.3, 0.4) is 0 Å². The molecule has 0 unspecified atom stereocenters. The van der Waals surface area contributed by atoms with Crippen molar-refractivity contribution >= 4 is 23.2 Å². The van der Waals surface area contributed by atoms with Crippen LogP contribution in [0.5, 0.6) is 0 Å². The molecule has 1 amide bonds. The molecule has 32 heavy (non-hydrogen) atoms. The number of hydrogen-bond acceptors (Lipinski definition) is 7. The zero-order valence-electron chi connectivity index (χ0n) is 17.8. The number of aromatic nitrogens is 5. The van der Waals surface area contributed by atoms with E-state index in [1.165, 1.54) is 12.4 Å². The number of aliphatic hydroxyl groups excluding tert-OH is 1. The third kappa shape index (κ3) is 4.42. The molecule has 3 aromatic rings. The third-order valence-corrected chi connectivity index (χ3v) is 5.28. The number of rotatable bonds is 7. The van der Waals surface area contributed by atoms with Crippen molar-refractivity contribution < 1.29 is 18.7 Å². The lowest BCUT2D eigenvalue weighted by Gasteiger charge is -2.12. The fourth-order valence-electron chi connectivity index (χ4n) is 3.28. The van der Waals surface area contributed by atoms with Crippen molar-refractivity contribution in [2.45, 2.75) is 38.7 Å². The number of alkyl halides is 2. The summed E-state index contributed by atoms with van der Waals surface area (Å²) in [5.41, 5.74) is 3.25. The largest absolute Gasteiger partial charge is 0.387 e. The van der Waals surface area contributed by atoms with E-state index >= 15 is 0 Å². The van der Waals surface area contributed by atoms with Gasteiger partial charge in [0, 0.05) is 25.7 Å². The molecule has 11 heteroatoms. The number of nitrogens with one attached hydrogen (secondary N) is 2. The summed E-state index contributed by atoms with van der Waals surface area (Å²) in [7, 11) is 1.75. The van der Waals surface area contributed by atoms with Crippen molar-refractivity contribution in [3.8, 4) is 11.3 Å². The maximum atomic E-state index is 13.1.